The number of halogens is 1. The number of imidazole rings is 1. The lowest BCUT2D eigenvalue weighted by atomic mass is 10.2. The van der Waals surface area contributed by atoms with Gasteiger partial charge in [0.05, 0.1) is 11.3 Å². The molecule has 0 spiro atoms. The minimum atomic E-state index is -0.312. The van der Waals surface area contributed by atoms with Gasteiger partial charge in [0.25, 0.3) is 0 Å². The highest BCUT2D eigenvalue weighted by molar-refractivity contribution is 5.79. The first-order valence-corrected chi connectivity index (χ1v) is 6.83. The average molecular weight is 290 g/mol. The molecule has 3 aromatic heterocycles. The fraction of sp³-hybridized carbons (Fsp3) is 0. The van der Waals surface area contributed by atoms with Gasteiger partial charge in [0.15, 0.2) is 5.65 Å². The number of hydrogen-bond acceptors (Lipinski definition) is 3. The number of pyridine rings is 2. The summed E-state index contributed by atoms with van der Waals surface area (Å²) in [6.07, 6.45) is 5.08. The number of aromatic nitrogens is 4. The summed E-state index contributed by atoms with van der Waals surface area (Å²) in [5.41, 5.74) is 2.69. The highest BCUT2D eigenvalue weighted by Crippen LogP contribution is 2.28. The molecule has 0 aliphatic heterocycles. The third kappa shape index (κ3) is 1.95. The van der Waals surface area contributed by atoms with Crippen LogP contribution in [0.1, 0.15) is 0 Å². The quantitative estimate of drug-likeness (QED) is 0.566. The summed E-state index contributed by atoms with van der Waals surface area (Å²) in [6.45, 7) is 0. The van der Waals surface area contributed by atoms with Crippen LogP contribution in [0.4, 0.5) is 4.39 Å². The minimum Gasteiger partial charge on any atom is -0.276 e. The second-order valence-electron chi connectivity index (χ2n) is 4.80. The zero-order valence-electron chi connectivity index (χ0n) is 11.5. The van der Waals surface area contributed by atoms with E-state index in [0.717, 1.165) is 11.2 Å². The summed E-state index contributed by atoms with van der Waals surface area (Å²) in [5, 5.41) is 0. The Morgan fingerprint density at radius 2 is 1.68 bits per heavy atom. The molecule has 0 saturated carbocycles. The zero-order chi connectivity index (χ0) is 14.9. The van der Waals surface area contributed by atoms with Crippen LogP contribution in [0.25, 0.3) is 28.2 Å². The van der Waals surface area contributed by atoms with Crippen molar-refractivity contribution in [2.45, 2.75) is 0 Å². The van der Waals surface area contributed by atoms with Crippen LogP contribution in [0.15, 0.2) is 67.1 Å². The monoisotopic (exact) mass is 290 g/mol. The van der Waals surface area contributed by atoms with Gasteiger partial charge in [0, 0.05) is 18.6 Å². The molecule has 5 heteroatoms. The van der Waals surface area contributed by atoms with Crippen molar-refractivity contribution in [3.05, 3.63) is 72.9 Å². The van der Waals surface area contributed by atoms with E-state index in [4.69, 9.17) is 0 Å². The molecule has 0 unspecified atom stereocenters. The van der Waals surface area contributed by atoms with Crippen molar-refractivity contribution in [2.75, 3.05) is 0 Å². The van der Waals surface area contributed by atoms with Crippen molar-refractivity contribution >= 4 is 11.2 Å². The molecule has 4 nitrogen and oxygen atoms in total. The normalized spacial score (nSPS) is 11.0. The average Bonchev–Trinajstić information content (AvgIpc) is 2.95. The van der Waals surface area contributed by atoms with Gasteiger partial charge in [-0.15, -0.1) is 0 Å². The molecule has 0 aliphatic rings. The van der Waals surface area contributed by atoms with Crippen molar-refractivity contribution in [2.24, 2.45) is 0 Å². The van der Waals surface area contributed by atoms with E-state index in [1.54, 1.807) is 36.8 Å². The van der Waals surface area contributed by atoms with Crippen LogP contribution in [0, 0.1) is 5.82 Å². The lowest BCUT2D eigenvalue weighted by Crippen LogP contribution is -1.99. The summed E-state index contributed by atoms with van der Waals surface area (Å²) >= 11 is 0. The molecule has 0 N–H and O–H groups in total. The van der Waals surface area contributed by atoms with Crippen LogP contribution in [-0.2, 0) is 0 Å². The predicted molar refractivity (Wildman–Crippen MR) is 82.1 cm³/mol. The van der Waals surface area contributed by atoms with Gasteiger partial charge in [-0.2, -0.15) is 0 Å². The molecule has 4 aromatic rings. The van der Waals surface area contributed by atoms with Crippen molar-refractivity contribution in [3.8, 4) is 17.1 Å². The van der Waals surface area contributed by atoms with E-state index in [1.807, 2.05) is 28.8 Å². The Morgan fingerprint density at radius 1 is 0.864 bits per heavy atom. The van der Waals surface area contributed by atoms with Crippen molar-refractivity contribution in [3.63, 3.8) is 0 Å². The second kappa shape index (κ2) is 5.04. The SMILES string of the molecule is Fc1ccccc1-c1nc2cccnc2n1-c1ccncc1. The lowest BCUT2D eigenvalue weighted by molar-refractivity contribution is 0.629. The molecule has 0 radical (unpaired) electrons. The molecule has 22 heavy (non-hydrogen) atoms. The molecule has 0 saturated heterocycles. The molecule has 1 aromatic carbocycles. The number of hydrogen-bond donors (Lipinski definition) is 0. The van der Waals surface area contributed by atoms with Crippen LogP contribution in [0.5, 0.6) is 0 Å². The van der Waals surface area contributed by atoms with Gasteiger partial charge >= 0.3 is 0 Å². The van der Waals surface area contributed by atoms with Gasteiger partial charge in [-0.1, -0.05) is 12.1 Å². The molecular formula is C17H11FN4. The Kier molecular flexibility index (Phi) is 2.89. The van der Waals surface area contributed by atoms with Crippen LogP contribution >= 0.6 is 0 Å². The molecule has 3 heterocycles. The Bertz CT molecular complexity index is 947. The Labute approximate surface area is 125 Å². The molecular weight excluding hydrogens is 279 g/mol. The van der Waals surface area contributed by atoms with Gasteiger partial charge in [0.1, 0.15) is 17.2 Å². The Morgan fingerprint density at radius 3 is 2.50 bits per heavy atom. The van der Waals surface area contributed by atoms with Crippen molar-refractivity contribution < 1.29 is 4.39 Å². The van der Waals surface area contributed by atoms with Gasteiger partial charge in [-0.25, -0.2) is 14.4 Å². The zero-order valence-corrected chi connectivity index (χ0v) is 11.5. The third-order valence-corrected chi connectivity index (χ3v) is 3.45. The lowest BCUT2D eigenvalue weighted by Gasteiger charge is -2.08. The summed E-state index contributed by atoms with van der Waals surface area (Å²) < 4.78 is 16.1. The van der Waals surface area contributed by atoms with E-state index in [2.05, 4.69) is 15.0 Å². The molecule has 0 bridgehead atoms. The maximum absolute atomic E-state index is 14.2. The number of benzene rings is 1. The molecule has 0 aliphatic carbocycles. The van der Waals surface area contributed by atoms with Gasteiger partial charge < -0.3 is 0 Å². The largest absolute Gasteiger partial charge is 0.276 e. The first-order valence-electron chi connectivity index (χ1n) is 6.83. The smallest absolute Gasteiger partial charge is 0.164 e. The standard InChI is InChI=1S/C17H11FN4/c18-14-5-2-1-4-13(14)16-21-15-6-3-9-20-17(15)22(16)12-7-10-19-11-8-12/h1-11H. The number of fused-ring (bicyclic) bond motifs is 1. The van der Waals surface area contributed by atoms with E-state index in [9.17, 15) is 4.39 Å². The maximum Gasteiger partial charge on any atom is 0.164 e. The number of rotatable bonds is 2. The molecule has 0 amide bonds. The fourth-order valence-corrected chi connectivity index (χ4v) is 2.47. The fourth-order valence-electron chi connectivity index (χ4n) is 2.47. The van der Waals surface area contributed by atoms with E-state index in [1.165, 1.54) is 6.07 Å². The Hall–Kier alpha value is -3.08. The van der Waals surface area contributed by atoms with Crippen LogP contribution in [0.2, 0.25) is 0 Å². The highest BCUT2D eigenvalue weighted by Gasteiger charge is 2.17. The molecule has 0 fully saturated rings. The summed E-state index contributed by atoms with van der Waals surface area (Å²) in [5.74, 6) is 0.214. The van der Waals surface area contributed by atoms with E-state index >= 15 is 0 Å². The summed E-state index contributed by atoms with van der Waals surface area (Å²) in [4.78, 5) is 13.0. The van der Waals surface area contributed by atoms with Crippen LogP contribution < -0.4 is 0 Å². The van der Waals surface area contributed by atoms with E-state index < -0.39 is 0 Å². The van der Waals surface area contributed by atoms with E-state index in [-0.39, 0.29) is 5.82 Å². The Balaban J connectivity index is 2.09. The third-order valence-electron chi connectivity index (χ3n) is 3.45. The topological polar surface area (TPSA) is 43.6 Å². The highest BCUT2D eigenvalue weighted by atomic mass is 19.1. The number of nitrogens with zero attached hydrogens (tertiary/aromatic N) is 4. The first kappa shape index (κ1) is 12.6. The van der Waals surface area contributed by atoms with Crippen LogP contribution in [-0.4, -0.2) is 19.5 Å². The summed E-state index contributed by atoms with van der Waals surface area (Å²) in [6, 6.07) is 14.0. The van der Waals surface area contributed by atoms with Crippen LogP contribution in [0.3, 0.4) is 0 Å². The molecule has 106 valence electrons. The molecule has 4 rings (SSSR count). The van der Waals surface area contributed by atoms with Crippen molar-refractivity contribution in [1.29, 1.82) is 0 Å². The van der Waals surface area contributed by atoms with Crippen molar-refractivity contribution in [1.82, 2.24) is 19.5 Å². The van der Waals surface area contributed by atoms with E-state index in [0.29, 0.717) is 17.0 Å². The predicted octanol–water partition coefficient (Wildman–Crippen LogP) is 3.62. The van der Waals surface area contributed by atoms with Gasteiger partial charge in [-0.05, 0) is 36.4 Å². The first-order chi connectivity index (χ1) is 10.8. The van der Waals surface area contributed by atoms with Gasteiger partial charge in [-0.3, -0.25) is 9.55 Å². The van der Waals surface area contributed by atoms with Gasteiger partial charge in [0.2, 0.25) is 0 Å². The second-order valence-corrected chi connectivity index (χ2v) is 4.80. The maximum atomic E-state index is 14.2. The summed E-state index contributed by atoms with van der Waals surface area (Å²) in [7, 11) is 0. The minimum absolute atomic E-state index is 0.312. The molecule has 0 atom stereocenters.